The van der Waals surface area contributed by atoms with Gasteiger partial charge in [0.05, 0.1) is 12.8 Å². The Hall–Kier alpha value is -4.53. The molecule has 6 rings (SSSR count). The van der Waals surface area contributed by atoms with Crippen molar-refractivity contribution in [2.75, 3.05) is 13.9 Å². The number of amides is 2. The number of rotatable bonds is 8. The van der Waals surface area contributed by atoms with Gasteiger partial charge in [-0.05, 0) is 67.3 Å². The summed E-state index contributed by atoms with van der Waals surface area (Å²) in [7, 11) is 1.60. The van der Waals surface area contributed by atoms with Crippen molar-refractivity contribution in [3.8, 4) is 17.2 Å². The maximum atomic E-state index is 14.6. The first-order valence-electron chi connectivity index (χ1n) is 14.1. The molecular formula is C32H34N4O5. The fourth-order valence-corrected chi connectivity index (χ4v) is 5.81. The van der Waals surface area contributed by atoms with Gasteiger partial charge in [0.2, 0.25) is 12.7 Å². The molecule has 2 aliphatic rings. The number of carbonyl (C=O) groups excluding carboxylic acids is 2. The molecule has 1 fully saturated rings. The Morgan fingerprint density at radius 2 is 1.83 bits per heavy atom. The van der Waals surface area contributed by atoms with E-state index in [0.29, 0.717) is 39.8 Å². The van der Waals surface area contributed by atoms with Crippen molar-refractivity contribution < 1.29 is 23.8 Å². The molecule has 1 saturated carbocycles. The predicted molar refractivity (Wildman–Crippen MR) is 153 cm³/mol. The average molecular weight is 555 g/mol. The Labute approximate surface area is 239 Å². The fourth-order valence-electron chi connectivity index (χ4n) is 5.81. The van der Waals surface area contributed by atoms with Gasteiger partial charge in [0.1, 0.15) is 23.1 Å². The van der Waals surface area contributed by atoms with Crippen LogP contribution in [0.1, 0.15) is 65.5 Å². The maximum absolute atomic E-state index is 14.6. The summed E-state index contributed by atoms with van der Waals surface area (Å²) in [4.78, 5) is 35.1. The second kappa shape index (κ2) is 11.5. The second-order valence-corrected chi connectivity index (χ2v) is 10.6. The maximum Gasteiger partial charge on any atom is 0.274 e. The smallest absolute Gasteiger partial charge is 0.274 e. The van der Waals surface area contributed by atoms with Crippen LogP contribution in [0.15, 0.2) is 66.9 Å². The van der Waals surface area contributed by atoms with Crippen LogP contribution < -0.4 is 19.5 Å². The van der Waals surface area contributed by atoms with Gasteiger partial charge in [-0.15, -0.1) is 0 Å². The van der Waals surface area contributed by atoms with Crippen molar-refractivity contribution in [2.24, 2.45) is 0 Å². The molecule has 2 aromatic heterocycles. The minimum Gasteiger partial charge on any atom is -0.497 e. The SMILES string of the molecule is COc1ccc([C@@H](C(=O)NC2CCCCC2)N(Cc2ccc3c(c2)OCO3)C(=O)c2c(C)nc3ccccn23)cc1. The molecule has 3 heterocycles. The first-order chi connectivity index (χ1) is 20.0. The third-order valence-corrected chi connectivity index (χ3v) is 7.90. The minimum atomic E-state index is -0.894. The van der Waals surface area contributed by atoms with E-state index in [-0.39, 0.29) is 31.2 Å². The number of aromatic nitrogens is 2. The number of hydrogen-bond donors (Lipinski definition) is 1. The lowest BCUT2D eigenvalue weighted by Gasteiger charge is -2.33. The van der Waals surface area contributed by atoms with E-state index in [1.807, 2.05) is 73.8 Å². The molecule has 4 aromatic rings. The molecule has 1 aliphatic carbocycles. The quantitative estimate of drug-likeness (QED) is 0.321. The number of ether oxygens (including phenoxy) is 3. The van der Waals surface area contributed by atoms with Gasteiger partial charge in [-0.25, -0.2) is 4.98 Å². The number of pyridine rings is 1. The molecule has 0 radical (unpaired) electrons. The van der Waals surface area contributed by atoms with Crippen LogP contribution in [0.4, 0.5) is 0 Å². The normalized spacial score (nSPS) is 15.5. The van der Waals surface area contributed by atoms with Crippen molar-refractivity contribution in [1.29, 1.82) is 0 Å². The molecule has 212 valence electrons. The van der Waals surface area contributed by atoms with Gasteiger partial charge in [-0.2, -0.15) is 0 Å². The topological polar surface area (TPSA) is 94.4 Å². The van der Waals surface area contributed by atoms with Crippen LogP contribution >= 0.6 is 0 Å². The van der Waals surface area contributed by atoms with E-state index in [4.69, 9.17) is 14.2 Å². The summed E-state index contributed by atoms with van der Waals surface area (Å²) in [6.45, 7) is 2.15. The third-order valence-electron chi connectivity index (χ3n) is 7.90. The van der Waals surface area contributed by atoms with Crippen molar-refractivity contribution in [3.63, 3.8) is 0 Å². The molecule has 1 aliphatic heterocycles. The fraction of sp³-hybridized carbons (Fsp3) is 0.344. The largest absolute Gasteiger partial charge is 0.497 e. The number of aryl methyl sites for hydroxylation is 1. The molecule has 1 atom stereocenters. The first kappa shape index (κ1) is 26.7. The van der Waals surface area contributed by atoms with Crippen LogP contribution in [-0.4, -0.2) is 46.0 Å². The summed E-state index contributed by atoms with van der Waals surface area (Å²) >= 11 is 0. The van der Waals surface area contributed by atoms with Crippen LogP contribution in [0.5, 0.6) is 17.2 Å². The molecule has 41 heavy (non-hydrogen) atoms. The van der Waals surface area contributed by atoms with E-state index >= 15 is 0 Å². The number of methoxy groups -OCH3 is 1. The summed E-state index contributed by atoms with van der Waals surface area (Å²) in [5.41, 5.74) is 3.20. The van der Waals surface area contributed by atoms with Crippen LogP contribution in [0.2, 0.25) is 0 Å². The van der Waals surface area contributed by atoms with Gasteiger partial charge in [-0.1, -0.05) is 43.5 Å². The van der Waals surface area contributed by atoms with E-state index in [2.05, 4.69) is 10.3 Å². The monoisotopic (exact) mass is 554 g/mol. The first-order valence-corrected chi connectivity index (χ1v) is 14.1. The Morgan fingerprint density at radius 3 is 2.61 bits per heavy atom. The average Bonchev–Trinajstić information content (AvgIpc) is 3.60. The summed E-state index contributed by atoms with van der Waals surface area (Å²) in [6, 6.07) is 17.8. The van der Waals surface area contributed by atoms with E-state index in [1.54, 1.807) is 16.4 Å². The van der Waals surface area contributed by atoms with E-state index in [1.165, 1.54) is 6.42 Å². The highest BCUT2D eigenvalue weighted by Gasteiger charge is 2.36. The van der Waals surface area contributed by atoms with E-state index < -0.39 is 6.04 Å². The second-order valence-electron chi connectivity index (χ2n) is 10.6. The molecule has 9 nitrogen and oxygen atoms in total. The van der Waals surface area contributed by atoms with Gasteiger partial charge in [-0.3, -0.25) is 14.0 Å². The van der Waals surface area contributed by atoms with Gasteiger partial charge in [0.15, 0.2) is 11.5 Å². The van der Waals surface area contributed by atoms with Crippen molar-refractivity contribution in [1.82, 2.24) is 19.6 Å². The van der Waals surface area contributed by atoms with Crippen molar-refractivity contribution in [2.45, 2.75) is 57.7 Å². The molecule has 9 heteroatoms. The number of fused-ring (bicyclic) bond motifs is 2. The van der Waals surface area contributed by atoms with Crippen molar-refractivity contribution in [3.05, 3.63) is 89.4 Å². The highest BCUT2D eigenvalue weighted by atomic mass is 16.7. The summed E-state index contributed by atoms with van der Waals surface area (Å²) in [5.74, 6) is 1.45. The van der Waals surface area contributed by atoms with Gasteiger partial charge in [0.25, 0.3) is 5.91 Å². The molecule has 1 N–H and O–H groups in total. The predicted octanol–water partition coefficient (Wildman–Crippen LogP) is 5.21. The zero-order valence-corrected chi connectivity index (χ0v) is 23.3. The molecule has 0 bridgehead atoms. The summed E-state index contributed by atoms with van der Waals surface area (Å²) in [6.07, 6.45) is 7.04. The number of benzene rings is 2. The Morgan fingerprint density at radius 1 is 1.05 bits per heavy atom. The van der Waals surface area contributed by atoms with Crippen LogP contribution in [-0.2, 0) is 11.3 Å². The standard InChI is InChI=1S/C32H34N4O5/c1-21-29(35-17-7-6-10-28(35)33-21)32(38)36(19-22-11-16-26-27(18-22)41-20-40-26)30(23-12-14-25(39-2)15-13-23)31(37)34-24-8-4-3-5-9-24/h6-7,10-18,24,30H,3-5,8-9,19-20H2,1-2H3,(H,34,37)/t30-/m0/s1. The van der Waals surface area contributed by atoms with Crippen LogP contribution in [0.3, 0.4) is 0 Å². The highest BCUT2D eigenvalue weighted by Crippen LogP contribution is 2.35. The zero-order chi connectivity index (χ0) is 28.3. The lowest BCUT2D eigenvalue weighted by Crippen LogP contribution is -2.47. The lowest BCUT2D eigenvalue weighted by atomic mass is 9.94. The minimum absolute atomic E-state index is 0.0806. The third kappa shape index (κ3) is 5.44. The van der Waals surface area contributed by atoms with E-state index in [9.17, 15) is 9.59 Å². The molecular weight excluding hydrogens is 520 g/mol. The van der Waals surface area contributed by atoms with E-state index in [0.717, 1.165) is 31.2 Å². The van der Waals surface area contributed by atoms with Gasteiger partial charge >= 0.3 is 0 Å². The van der Waals surface area contributed by atoms with Crippen molar-refractivity contribution >= 4 is 17.5 Å². The Balaban J connectivity index is 1.45. The molecule has 2 aromatic carbocycles. The Bertz CT molecular complexity index is 1560. The lowest BCUT2D eigenvalue weighted by molar-refractivity contribution is -0.127. The van der Waals surface area contributed by atoms with Crippen LogP contribution in [0, 0.1) is 6.92 Å². The number of hydrogen-bond acceptors (Lipinski definition) is 6. The molecule has 0 unspecified atom stereocenters. The molecule has 0 spiro atoms. The van der Waals surface area contributed by atoms with Crippen LogP contribution in [0.25, 0.3) is 5.65 Å². The number of nitrogens with zero attached hydrogens (tertiary/aromatic N) is 3. The number of carbonyl (C=O) groups is 2. The summed E-state index contributed by atoms with van der Waals surface area (Å²) in [5, 5.41) is 3.27. The van der Waals surface area contributed by atoms with Gasteiger partial charge < -0.3 is 24.4 Å². The highest BCUT2D eigenvalue weighted by molar-refractivity contribution is 5.98. The summed E-state index contributed by atoms with van der Waals surface area (Å²) < 4.78 is 18.3. The number of nitrogens with one attached hydrogen (secondary N) is 1. The zero-order valence-electron chi connectivity index (χ0n) is 23.3. The molecule has 0 saturated heterocycles. The molecule has 2 amide bonds. The van der Waals surface area contributed by atoms with Gasteiger partial charge in [0, 0.05) is 18.8 Å². The number of imidazole rings is 1. The Kier molecular flexibility index (Phi) is 7.50.